The monoisotopic (exact) mass is 198 g/mol. The van der Waals surface area contributed by atoms with Gasteiger partial charge in [-0.05, 0) is 35.2 Å². The first kappa shape index (κ1) is 7.90. The lowest BCUT2D eigenvalue weighted by atomic mass is 10.3. The van der Waals surface area contributed by atoms with E-state index in [0.29, 0.717) is 5.22 Å². The molecule has 1 nitrogen and oxygen atoms in total. The van der Waals surface area contributed by atoms with E-state index in [-0.39, 0.29) is 0 Å². The van der Waals surface area contributed by atoms with Crippen molar-refractivity contribution < 1.29 is 4.42 Å². The highest BCUT2D eigenvalue weighted by molar-refractivity contribution is 7.09. The van der Waals surface area contributed by atoms with Crippen LogP contribution in [0.4, 0.5) is 0 Å². The van der Waals surface area contributed by atoms with Gasteiger partial charge in [0.05, 0.1) is 0 Å². The molecule has 0 unspecified atom stereocenters. The molecule has 3 heteroatoms. The normalized spacial score (nSPS) is 10.4. The van der Waals surface area contributed by atoms with Crippen LogP contribution in [0.1, 0.15) is 10.6 Å². The molecule has 0 bridgehead atoms. The molecule has 0 radical (unpaired) electrons. The minimum absolute atomic E-state index is 0.460. The minimum atomic E-state index is 0.460. The summed E-state index contributed by atoms with van der Waals surface area (Å²) in [5, 5.41) is 2.52. The molecule has 0 amide bonds. The zero-order valence-corrected chi connectivity index (χ0v) is 7.86. The van der Waals surface area contributed by atoms with Crippen LogP contribution in [-0.2, 0) is 6.42 Å². The van der Waals surface area contributed by atoms with Crippen LogP contribution in [0, 0.1) is 0 Å². The van der Waals surface area contributed by atoms with Gasteiger partial charge >= 0.3 is 0 Å². The fourth-order valence-electron chi connectivity index (χ4n) is 1.03. The van der Waals surface area contributed by atoms with E-state index in [0.717, 1.165) is 12.2 Å². The molecule has 0 saturated carbocycles. The van der Waals surface area contributed by atoms with Gasteiger partial charge in [0, 0.05) is 11.3 Å². The molecule has 2 aromatic rings. The summed E-state index contributed by atoms with van der Waals surface area (Å²) in [7, 11) is 0. The molecular formula is C9H7ClOS. The number of furan rings is 1. The summed E-state index contributed by atoms with van der Waals surface area (Å²) in [5.41, 5.74) is 0. The van der Waals surface area contributed by atoms with Gasteiger partial charge in [0.15, 0.2) is 5.22 Å². The summed E-state index contributed by atoms with van der Waals surface area (Å²) in [6, 6.07) is 7.79. The maximum atomic E-state index is 5.64. The third-order valence-corrected chi connectivity index (χ3v) is 2.64. The van der Waals surface area contributed by atoms with Crippen LogP contribution >= 0.6 is 22.9 Å². The highest BCUT2D eigenvalue weighted by atomic mass is 35.5. The van der Waals surface area contributed by atoms with Gasteiger partial charge in [0.1, 0.15) is 5.76 Å². The van der Waals surface area contributed by atoms with Crippen LogP contribution in [-0.4, -0.2) is 0 Å². The number of hydrogen-bond donors (Lipinski definition) is 0. The van der Waals surface area contributed by atoms with Crippen LogP contribution in [0.25, 0.3) is 0 Å². The van der Waals surface area contributed by atoms with Gasteiger partial charge in [-0.15, -0.1) is 11.3 Å². The molecule has 12 heavy (non-hydrogen) atoms. The summed E-state index contributed by atoms with van der Waals surface area (Å²) >= 11 is 7.36. The third kappa shape index (κ3) is 1.71. The smallest absolute Gasteiger partial charge is 0.193 e. The molecule has 0 aromatic carbocycles. The Hall–Kier alpha value is -0.730. The molecule has 0 atom stereocenters. The summed E-state index contributed by atoms with van der Waals surface area (Å²) in [6.45, 7) is 0. The van der Waals surface area contributed by atoms with Crippen molar-refractivity contribution >= 4 is 22.9 Å². The van der Waals surface area contributed by atoms with Gasteiger partial charge in [0.2, 0.25) is 0 Å². The van der Waals surface area contributed by atoms with Crippen molar-refractivity contribution in [2.24, 2.45) is 0 Å². The van der Waals surface area contributed by atoms with E-state index in [9.17, 15) is 0 Å². The van der Waals surface area contributed by atoms with Crippen molar-refractivity contribution in [2.45, 2.75) is 6.42 Å². The highest BCUT2D eigenvalue weighted by Gasteiger charge is 2.01. The maximum absolute atomic E-state index is 5.64. The van der Waals surface area contributed by atoms with Gasteiger partial charge in [0.25, 0.3) is 0 Å². The minimum Gasteiger partial charge on any atom is -0.449 e. The molecule has 2 heterocycles. The number of hydrogen-bond acceptors (Lipinski definition) is 2. The first-order valence-corrected chi connectivity index (χ1v) is 4.87. The molecule has 0 N–H and O–H groups in total. The van der Waals surface area contributed by atoms with Crippen LogP contribution in [0.15, 0.2) is 34.1 Å². The predicted molar refractivity (Wildman–Crippen MR) is 50.8 cm³/mol. The standard InChI is InChI=1S/C9H7ClOS/c10-9-4-3-7(11-9)6-8-2-1-5-12-8/h1-5H,6H2. The first-order chi connectivity index (χ1) is 5.84. The van der Waals surface area contributed by atoms with Gasteiger partial charge < -0.3 is 4.42 Å². The second kappa shape index (κ2) is 3.33. The molecule has 0 aliphatic heterocycles. The van der Waals surface area contributed by atoms with Gasteiger partial charge in [-0.2, -0.15) is 0 Å². The van der Waals surface area contributed by atoms with Crippen molar-refractivity contribution in [1.82, 2.24) is 0 Å². The molecule has 2 aromatic heterocycles. The van der Waals surface area contributed by atoms with E-state index >= 15 is 0 Å². The molecule has 0 aliphatic rings. The topological polar surface area (TPSA) is 13.1 Å². The Kier molecular flexibility index (Phi) is 2.19. The van der Waals surface area contributed by atoms with Crippen molar-refractivity contribution in [1.29, 1.82) is 0 Å². The Balaban J connectivity index is 2.14. The Morgan fingerprint density at radius 3 is 2.83 bits per heavy atom. The molecule has 0 fully saturated rings. The molecular weight excluding hydrogens is 192 g/mol. The maximum Gasteiger partial charge on any atom is 0.193 e. The largest absolute Gasteiger partial charge is 0.449 e. The summed E-state index contributed by atoms with van der Waals surface area (Å²) in [5.74, 6) is 0.919. The lowest BCUT2D eigenvalue weighted by Gasteiger charge is -1.90. The Morgan fingerprint density at radius 1 is 1.33 bits per heavy atom. The zero-order valence-electron chi connectivity index (χ0n) is 6.29. The molecule has 2 rings (SSSR count). The quantitative estimate of drug-likeness (QED) is 0.719. The summed E-state index contributed by atoms with van der Waals surface area (Å²) in [6.07, 6.45) is 0.838. The van der Waals surface area contributed by atoms with Crippen molar-refractivity contribution in [3.05, 3.63) is 45.5 Å². The second-order valence-corrected chi connectivity index (χ2v) is 3.87. The molecule has 0 spiro atoms. The van der Waals surface area contributed by atoms with E-state index in [1.54, 1.807) is 17.4 Å². The molecule has 0 saturated heterocycles. The van der Waals surface area contributed by atoms with Crippen molar-refractivity contribution in [3.63, 3.8) is 0 Å². The molecule has 0 aliphatic carbocycles. The lowest BCUT2D eigenvalue weighted by Crippen LogP contribution is -1.78. The van der Waals surface area contributed by atoms with Gasteiger partial charge in [-0.25, -0.2) is 0 Å². The number of rotatable bonds is 2. The lowest BCUT2D eigenvalue weighted by molar-refractivity contribution is 0.524. The van der Waals surface area contributed by atoms with Crippen molar-refractivity contribution in [2.75, 3.05) is 0 Å². The highest BCUT2D eigenvalue weighted by Crippen LogP contribution is 2.19. The third-order valence-electron chi connectivity index (χ3n) is 1.56. The van der Waals surface area contributed by atoms with E-state index in [4.69, 9.17) is 16.0 Å². The number of thiophene rings is 1. The second-order valence-electron chi connectivity index (χ2n) is 2.46. The fraction of sp³-hybridized carbons (Fsp3) is 0.111. The van der Waals surface area contributed by atoms with E-state index in [2.05, 4.69) is 11.4 Å². The van der Waals surface area contributed by atoms with Crippen LogP contribution in [0.2, 0.25) is 5.22 Å². The summed E-state index contributed by atoms with van der Waals surface area (Å²) < 4.78 is 5.23. The SMILES string of the molecule is Clc1ccc(Cc2cccs2)o1. The Bertz CT molecular complexity index is 350. The van der Waals surface area contributed by atoms with Gasteiger partial charge in [-0.3, -0.25) is 0 Å². The number of halogens is 1. The summed E-state index contributed by atoms with van der Waals surface area (Å²) in [4.78, 5) is 1.29. The van der Waals surface area contributed by atoms with E-state index < -0.39 is 0 Å². The average Bonchev–Trinajstić information content (AvgIpc) is 2.63. The van der Waals surface area contributed by atoms with Crippen LogP contribution < -0.4 is 0 Å². The van der Waals surface area contributed by atoms with Crippen molar-refractivity contribution in [3.8, 4) is 0 Å². The van der Waals surface area contributed by atoms with E-state index in [1.807, 2.05) is 12.1 Å². The Labute approximate surface area is 79.6 Å². The van der Waals surface area contributed by atoms with Crippen LogP contribution in [0.3, 0.4) is 0 Å². The zero-order chi connectivity index (χ0) is 8.39. The van der Waals surface area contributed by atoms with Crippen LogP contribution in [0.5, 0.6) is 0 Å². The first-order valence-electron chi connectivity index (χ1n) is 3.61. The fourth-order valence-corrected chi connectivity index (χ4v) is 1.91. The van der Waals surface area contributed by atoms with Gasteiger partial charge in [-0.1, -0.05) is 6.07 Å². The molecule has 62 valence electrons. The average molecular weight is 199 g/mol. The predicted octanol–water partition coefficient (Wildman–Crippen LogP) is 3.59. The van der Waals surface area contributed by atoms with E-state index in [1.165, 1.54) is 4.88 Å². The Morgan fingerprint density at radius 2 is 2.25 bits per heavy atom.